The molecule has 0 aromatic heterocycles. The lowest BCUT2D eigenvalue weighted by Crippen LogP contribution is -2.49. The van der Waals surface area contributed by atoms with Gasteiger partial charge in [-0.25, -0.2) is 0 Å². The minimum absolute atomic E-state index is 0.234. The van der Waals surface area contributed by atoms with E-state index in [0.29, 0.717) is 6.42 Å². The number of aryl methyl sites for hydroxylation is 1. The fraction of sp³-hybridized carbons (Fsp3) is 0.385. The highest BCUT2D eigenvalue weighted by Gasteiger charge is 2.31. The molecular weight excluding hydrogens is 202 g/mol. The van der Waals surface area contributed by atoms with Crippen molar-refractivity contribution in [3.05, 3.63) is 40.5 Å². The number of benzene rings is 1. The van der Waals surface area contributed by atoms with Gasteiger partial charge in [0.2, 0.25) is 0 Å². The minimum Gasteiger partial charge on any atom is -0.394 e. The van der Waals surface area contributed by atoms with Crippen LogP contribution in [0.1, 0.15) is 16.7 Å². The van der Waals surface area contributed by atoms with Gasteiger partial charge < -0.3 is 15.9 Å². The van der Waals surface area contributed by atoms with Crippen LogP contribution in [-0.2, 0) is 6.42 Å². The molecule has 0 fully saturated rings. The largest absolute Gasteiger partial charge is 0.394 e. The molecular formula is C13H17NO2. The van der Waals surface area contributed by atoms with Crippen LogP contribution in [0.3, 0.4) is 0 Å². The van der Waals surface area contributed by atoms with Crippen molar-refractivity contribution >= 4 is 6.08 Å². The first-order chi connectivity index (χ1) is 7.59. The molecule has 1 aromatic carbocycles. The maximum absolute atomic E-state index is 9.25. The number of aliphatic hydroxyl groups is 2. The number of hydrogen-bond donors (Lipinski definition) is 3. The second-order valence-corrected chi connectivity index (χ2v) is 4.52. The molecule has 0 saturated heterocycles. The molecule has 0 heterocycles. The van der Waals surface area contributed by atoms with Gasteiger partial charge in [0.05, 0.1) is 18.8 Å². The summed E-state index contributed by atoms with van der Waals surface area (Å²) in [6.07, 6.45) is 2.70. The number of rotatable bonds is 3. The van der Waals surface area contributed by atoms with E-state index in [-0.39, 0.29) is 13.2 Å². The lowest BCUT2D eigenvalue weighted by Gasteiger charge is -2.26. The zero-order valence-corrected chi connectivity index (χ0v) is 9.40. The normalized spacial score (nSPS) is 14.9. The summed E-state index contributed by atoms with van der Waals surface area (Å²) in [4.78, 5) is 0. The highest BCUT2D eigenvalue weighted by atomic mass is 16.3. The van der Waals surface area contributed by atoms with Crippen LogP contribution in [0.2, 0.25) is 0 Å². The summed E-state index contributed by atoms with van der Waals surface area (Å²) in [5.74, 6) is 0. The average molecular weight is 219 g/mol. The molecule has 1 aromatic rings. The van der Waals surface area contributed by atoms with Crippen LogP contribution >= 0.6 is 0 Å². The molecule has 1 aliphatic carbocycles. The summed E-state index contributed by atoms with van der Waals surface area (Å²) in [6, 6.07) is 6.23. The molecule has 0 spiro atoms. The molecule has 4 N–H and O–H groups in total. The summed E-state index contributed by atoms with van der Waals surface area (Å²) in [5, 5.41) is 18.5. The lowest BCUT2D eigenvalue weighted by molar-refractivity contribution is 0.144. The van der Waals surface area contributed by atoms with Crippen molar-refractivity contribution in [2.24, 2.45) is 5.73 Å². The van der Waals surface area contributed by atoms with Gasteiger partial charge in [-0.05, 0) is 30.0 Å². The standard InChI is InChI=1S/C13H17NO2/c1-9-2-3-10-5-12(6-11(10)4-9)13(14,7-15)8-16/h2-4,6,15-16H,5,7-8,14H2,1H3. The second kappa shape index (κ2) is 4.01. The third kappa shape index (κ3) is 1.78. The molecule has 2 rings (SSSR count). The number of fused-ring (bicyclic) bond motifs is 1. The molecule has 3 heteroatoms. The predicted octanol–water partition coefficient (Wildman–Crippen LogP) is 0.617. The summed E-state index contributed by atoms with van der Waals surface area (Å²) in [5.41, 5.74) is 9.41. The van der Waals surface area contributed by atoms with Gasteiger partial charge in [0.15, 0.2) is 0 Å². The lowest BCUT2D eigenvalue weighted by atomic mass is 9.91. The zero-order valence-electron chi connectivity index (χ0n) is 9.40. The van der Waals surface area contributed by atoms with Crippen molar-refractivity contribution in [2.75, 3.05) is 13.2 Å². The summed E-state index contributed by atoms with van der Waals surface area (Å²) in [6.45, 7) is 1.57. The monoisotopic (exact) mass is 219 g/mol. The third-order valence-corrected chi connectivity index (χ3v) is 3.22. The SMILES string of the molecule is Cc1ccc2c(c1)C=C(C(N)(CO)CO)C2. The van der Waals surface area contributed by atoms with Gasteiger partial charge in [0, 0.05) is 0 Å². The first-order valence-corrected chi connectivity index (χ1v) is 5.40. The molecule has 0 aliphatic heterocycles. The summed E-state index contributed by atoms with van der Waals surface area (Å²) in [7, 11) is 0. The first kappa shape index (κ1) is 11.3. The van der Waals surface area contributed by atoms with Crippen molar-refractivity contribution in [3.8, 4) is 0 Å². The highest BCUT2D eigenvalue weighted by Crippen LogP contribution is 2.30. The van der Waals surface area contributed by atoms with E-state index in [2.05, 4.69) is 18.2 Å². The Morgan fingerprint density at radius 2 is 2.00 bits per heavy atom. The molecule has 16 heavy (non-hydrogen) atoms. The van der Waals surface area contributed by atoms with Gasteiger partial charge in [-0.15, -0.1) is 0 Å². The third-order valence-electron chi connectivity index (χ3n) is 3.22. The summed E-state index contributed by atoms with van der Waals surface area (Å²) >= 11 is 0. The van der Waals surface area contributed by atoms with E-state index in [1.807, 2.05) is 13.0 Å². The second-order valence-electron chi connectivity index (χ2n) is 4.52. The van der Waals surface area contributed by atoms with E-state index in [0.717, 1.165) is 11.1 Å². The quantitative estimate of drug-likeness (QED) is 0.698. The number of aliphatic hydroxyl groups excluding tert-OH is 2. The zero-order chi connectivity index (χ0) is 11.8. The van der Waals surface area contributed by atoms with E-state index < -0.39 is 5.54 Å². The van der Waals surface area contributed by atoms with Gasteiger partial charge in [0.1, 0.15) is 0 Å². The van der Waals surface area contributed by atoms with Gasteiger partial charge in [-0.3, -0.25) is 0 Å². The predicted molar refractivity (Wildman–Crippen MR) is 64.0 cm³/mol. The molecule has 0 unspecified atom stereocenters. The molecule has 0 saturated carbocycles. The van der Waals surface area contributed by atoms with Gasteiger partial charge in [-0.2, -0.15) is 0 Å². The van der Waals surface area contributed by atoms with Crippen molar-refractivity contribution in [1.29, 1.82) is 0 Å². The highest BCUT2D eigenvalue weighted by molar-refractivity contribution is 5.66. The molecule has 1 aliphatic rings. The Balaban J connectivity index is 2.34. The Bertz CT molecular complexity index is 434. The number of hydrogen-bond acceptors (Lipinski definition) is 3. The van der Waals surface area contributed by atoms with Crippen molar-refractivity contribution < 1.29 is 10.2 Å². The van der Waals surface area contributed by atoms with Crippen LogP contribution in [0.15, 0.2) is 23.8 Å². The fourth-order valence-corrected chi connectivity index (χ4v) is 2.03. The Labute approximate surface area is 95.2 Å². The molecule has 0 bridgehead atoms. The molecule has 0 atom stereocenters. The molecule has 86 valence electrons. The van der Waals surface area contributed by atoms with E-state index in [1.165, 1.54) is 11.1 Å². The van der Waals surface area contributed by atoms with Gasteiger partial charge in [-0.1, -0.05) is 29.8 Å². The molecule has 0 amide bonds. The van der Waals surface area contributed by atoms with Gasteiger partial charge in [0.25, 0.3) is 0 Å². The van der Waals surface area contributed by atoms with Gasteiger partial charge >= 0.3 is 0 Å². The Hall–Kier alpha value is -1.16. The van der Waals surface area contributed by atoms with E-state index in [1.54, 1.807) is 0 Å². The van der Waals surface area contributed by atoms with Crippen LogP contribution < -0.4 is 5.73 Å². The van der Waals surface area contributed by atoms with Crippen molar-refractivity contribution in [3.63, 3.8) is 0 Å². The van der Waals surface area contributed by atoms with Crippen LogP contribution in [-0.4, -0.2) is 29.0 Å². The molecule has 3 nitrogen and oxygen atoms in total. The number of nitrogens with two attached hydrogens (primary N) is 1. The van der Waals surface area contributed by atoms with Crippen molar-refractivity contribution in [2.45, 2.75) is 18.9 Å². The summed E-state index contributed by atoms with van der Waals surface area (Å²) < 4.78 is 0. The smallest absolute Gasteiger partial charge is 0.0844 e. The Morgan fingerprint density at radius 3 is 2.62 bits per heavy atom. The van der Waals surface area contributed by atoms with Crippen LogP contribution in [0.5, 0.6) is 0 Å². The Morgan fingerprint density at radius 1 is 1.31 bits per heavy atom. The minimum atomic E-state index is -0.993. The van der Waals surface area contributed by atoms with Crippen LogP contribution in [0, 0.1) is 6.92 Å². The van der Waals surface area contributed by atoms with E-state index >= 15 is 0 Å². The first-order valence-electron chi connectivity index (χ1n) is 5.40. The Kier molecular flexibility index (Phi) is 2.84. The average Bonchev–Trinajstić information content (AvgIpc) is 2.71. The maximum atomic E-state index is 9.25. The fourth-order valence-electron chi connectivity index (χ4n) is 2.03. The van der Waals surface area contributed by atoms with E-state index in [9.17, 15) is 10.2 Å². The maximum Gasteiger partial charge on any atom is 0.0844 e. The van der Waals surface area contributed by atoms with Crippen LogP contribution in [0.25, 0.3) is 6.08 Å². The van der Waals surface area contributed by atoms with Crippen molar-refractivity contribution in [1.82, 2.24) is 0 Å². The topological polar surface area (TPSA) is 66.5 Å². The van der Waals surface area contributed by atoms with E-state index in [4.69, 9.17) is 5.73 Å². The molecule has 0 radical (unpaired) electrons. The van der Waals surface area contributed by atoms with Crippen LogP contribution in [0.4, 0.5) is 0 Å².